The van der Waals surface area contributed by atoms with Crippen LogP contribution in [0.15, 0.2) is 64.8 Å². The van der Waals surface area contributed by atoms with Crippen molar-refractivity contribution >= 4 is 62.4 Å². The molecule has 0 fully saturated rings. The average Bonchev–Trinajstić information content (AvgIpc) is 3.33. The van der Waals surface area contributed by atoms with E-state index in [9.17, 15) is 9.18 Å². The first-order chi connectivity index (χ1) is 14.1. The van der Waals surface area contributed by atoms with Gasteiger partial charge in [0.25, 0.3) is 5.56 Å². The molecule has 2 aromatic carbocycles. The zero-order chi connectivity index (χ0) is 20.1. The summed E-state index contributed by atoms with van der Waals surface area (Å²) in [5.74, 6) is -0.441. The lowest BCUT2D eigenvalue weighted by Crippen LogP contribution is -2.23. The first-order valence-electron chi connectivity index (χ1n) is 8.70. The highest BCUT2D eigenvalue weighted by Gasteiger charge is 2.20. The number of benzene rings is 2. The highest BCUT2D eigenvalue weighted by Crippen LogP contribution is 2.34. The summed E-state index contributed by atoms with van der Waals surface area (Å²) in [5, 5.41) is 2.16. The van der Waals surface area contributed by atoms with Crippen LogP contribution in [0.3, 0.4) is 0 Å². The third-order valence-corrected chi connectivity index (χ3v) is 7.44. The fourth-order valence-electron chi connectivity index (χ4n) is 3.45. The summed E-state index contributed by atoms with van der Waals surface area (Å²) in [6.45, 7) is 0.0209. The van der Waals surface area contributed by atoms with E-state index in [0.717, 1.165) is 16.0 Å². The number of thiophene rings is 1. The minimum atomic E-state index is -0.441. The van der Waals surface area contributed by atoms with Crippen molar-refractivity contribution in [1.29, 1.82) is 0 Å². The smallest absolute Gasteiger partial charge is 0.271 e. The molecular formula is C21H12ClFN2OS3. The van der Waals surface area contributed by atoms with Gasteiger partial charge in [0.15, 0.2) is 3.95 Å². The number of hydrogen-bond acceptors (Lipinski definition) is 4. The molecule has 5 rings (SSSR count). The summed E-state index contributed by atoms with van der Waals surface area (Å²) in [7, 11) is 0. The van der Waals surface area contributed by atoms with E-state index >= 15 is 0 Å². The van der Waals surface area contributed by atoms with Crippen LogP contribution in [-0.4, -0.2) is 8.97 Å². The Labute approximate surface area is 182 Å². The zero-order valence-corrected chi connectivity index (χ0v) is 18.0. The fraction of sp³-hybridized carbons (Fsp3) is 0.0476. The minimum Gasteiger partial charge on any atom is -0.287 e. The van der Waals surface area contributed by atoms with Crippen molar-refractivity contribution in [2.45, 2.75) is 6.54 Å². The number of nitrogens with zero attached hydrogens (tertiary/aromatic N) is 2. The predicted octanol–water partition coefficient (Wildman–Crippen LogP) is 6.61. The molecule has 0 unspecified atom stereocenters. The van der Waals surface area contributed by atoms with E-state index < -0.39 is 5.82 Å². The van der Waals surface area contributed by atoms with Crippen LogP contribution in [0, 0.1) is 9.77 Å². The zero-order valence-electron chi connectivity index (χ0n) is 14.8. The number of rotatable bonds is 3. The molecule has 0 bridgehead atoms. The molecule has 29 heavy (non-hydrogen) atoms. The number of aromatic nitrogens is 2. The summed E-state index contributed by atoms with van der Waals surface area (Å²) < 4.78 is 19.2. The van der Waals surface area contributed by atoms with E-state index in [0.29, 0.717) is 14.3 Å². The van der Waals surface area contributed by atoms with Crippen molar-refractivity contribution in [2.24, 2.45) is 0 Å². The predicted molar refractivity (Wildman–Crippen MR) is 122 cm³/mol. The van der Waals surface area contributed by atoms with Crippen molar-refractivity contribution in [3.63, 3.8) is 0 Å². The number of hydrogen-bond donors (Lipinski definition) is 0. The Bertz CT molecular complexity index is 1480. The van der Waals surface area contributed by atoms with Gasteiger partial charge in [-0.05, 0) is 41.4 Å². The third-order valence-electron chi connectivity index (χ3n) is 4.78. The van der Waals surface area contributed by atoms with Crippen molar-refractivity contribution in [3.05, 3.63) is 90.7 Å². The molecule has 8 heteroatoms. The Morgan fingerprint density at radius 2 is 1.86 bits per heavy atom. The minimum absolute atomic E-state index is 0.0209. The highest BCUT2D eigenvalue weighted by atomic mass is 35.5. The monoisotopic (exact) mass is 458 g/mol. The summed E-state index contributed by atoms with van der Waals surface area (Å²) in [6, 6.07) is 16.2. The lowest BCUT2D eigenvalue weighted by molar-refractivity contribution is 0.599. The van der Waals surface area contributed by atoms with Crippen LogP contribution >= 0.6 is 46.5 Å². The number of fused-ring (bicyclic) bond motifs is 3. The third kappa shape index (κ3) is 2.97. The van der Waals surface area contributed by atoms with Gasteiger partial charge in [-0.3, -0.25) is 13.8 Å². The maximum atomic E-state index is 14.5. The molecule has 3 heterocycles. The van der Waals surface area contributed by atoms with Crippen molar-refractivity contribution in [3.8, 4) is 10.4 Å². The van der Waals surface area contributed by atoms with E-state index in [1.54, 1.807) is 16.7 Å². The van der Waals surface area contributed by atoms with Gasteiger partial charge in [-0.25, -0.2) is 4.39 Å². The van der Waals surface area contributed by atoms with Crippen molar-refractivity contribution < 1.29 is 4.39 Å². The Balaban J connectivity index is 1.92. The molecule has 0 atom stereocenters. The van der Waals surface area contributed by atoms with Crippen molar-refractivity contribution in [1.82, 2.24) is 8.97 Å². The quantitative estimate of drug-likeness (QED) is 0.284. The largest absolute Gasteiger partial charge is 0.287 e. The Hall–Kier alpha value is -2.32. The van der Waals surface area contributed by atoms with E-state index in [-0.39, 0.29) is 22.7 Å². The normalized spacial score (nSPS) is 11.5. The lowest BCUT2D eigenvalue weighted by Gasteiger charge is -2.13. The van der Waals surface area contributed by atoms with Gasteiger partial charge in [0, 0.05) is 10.6 Å². The second-order valence-electron chi connectivity index (χ2n) is 6.45. The van der Waals surface area contributed by atoms with E-state index in [1.807, 2.05) is 46.2 Å². The summed E-state index contributed by atoms with van der Waals surface area (Å²) in [6.07, 6.45) is 0. The highest BCUT2D eigenvalue weighted by molar-refractivity contribution is 7.73. The first kappa shape index (κ1) is 18.7. The molecule has 0 N–H and O–H groups in total. The Kier molecular flexibility index (Phi) is 4.63. The standard InChI is InChI=1S/C21H12ClFN2OS3/c22-14-7-4-8-15(23)13(14)11-24-19-17(12-5-2-1-3-6-12)29-21(27)25(19)16-9-10-28-18(16)20(24)26/h1-10H,11H2. The van der Waals surface area contributed by atoms with Crippen LogP contribution in [0.4, 0.5) is 4.39 Å². The summed E-state index contributed by atoms with van der Waals surface area (Å²) in [5.41, 5.74) is 2.48. The van der Waals surface area contributed by atoms with Crippen molar-refractivity contribution in [2.75, 3.05) is 0 Å². The maximum Gasteiger partial charge on any atom is 0.271 e. The number of thiazole rings is 1. The van der Waals surface area contributed by atoms with Gasteiger partial charge in [0.1, 0.15) is 16.2 Å². The van der Waals surface area contributed by atoms with Crippen LogP contribution < -0.4 is 5.56 Å². The van der Waals surface area contributed by atoms with Crippen LogP contribution in [0.2, 0.25) is 5.02 Å². The van der Waals surface area contributed by atoms with Crippen LogP contribution in [0.1, 0.15) is 5.56 Å². The summed E-state index contributed by atoms with van der Waals surface area (Å²) >= 11 is 14.7. The molecule has 0 saturated heterocycles. The van der Waals surface area contributed by atoms with Gasteiger partial charge < -0.3 is 0 Å². The van der Waals surface area contributed by atoms with E-state index in [2.05, 4.69) is 0 Å². The number of halogens is 2. The topological polar surface area (TPSA) is 26.4 Å². The molecule has 0 amide bonds. The molecule has 0 aliphatic carbocycles. The lowest BCUT2D eigenvalue weighted by atomic mass is 10.2. The molecule has 0 spiro atoms. The van der Waals surface area contributed by atoms with Gasteiger partial charge >= 0.3 is 0 Å². The van der Waals surface area contributed by atoms with E-state index in [4.69, 9.17) is 23.8 Å². The van der Waals surface area contributed by atoms with Crippen LogP contribution in [0.5, 0.6) is 0 Å². The maximum absolute atomic E-state index is 14.5. The van der Waals surface area contributed by atoms with Crippen LogP contribution in [0.25, 0.3) is 26.3 Å². The SMILES string of the molecule is O=c1c2sccc2n2c(=S)sc(-c3ccccc3)c2n1Cc1c(F)cccc1Cl. The first-order valence-corrected chi connectivity index (χ1v) is 11.2. The van der Waals surface area contributed by atoms with Gasteiger partial charge in [-0.2, -0.15) is 0 Å². The Morgan fingerprint density at radius 1 is 1.07 bits per heavy atom. The molecule has 0 radical (unpaired) electrons. The molecule has 144 valence electrons. The van der Waals surface area contributed by atoms with Gasteiger partial charge in [0.2, 0.25) is 0 Å². The molecule has 5 aromatic rings. The second kappa shape index (κ2) is 7.18. The molecule has 3 aromatic heterocycles. The van der Waals surface area contributed by atoms with E-state index in [1.165, 1.54) is 28.7 Å². The molecular weight excluding hydrogens is 447 g/mol. The summed E-state index contributed by atoms with van der Waals surface area (Å²) in [4.78, 5) is 14.3. The molecule has 0 aliphatic heterocycles. The average molecular weight is 459 g/mol. The fourth-order valence-corrected chi connectivity index (χ4v) is 5.92. The molecule has 0 saturated carbocycles. The van der Waals surface area contributed by atoms with Gasteiger partial charge in [-0.15, -0.1) is 22.7 Å². The Morgan fingerprint density at radius 3 is 2.62 bits per heavy atom. The second-order valence-corrected chi connectivity index (χ2v) is 9.42. The van der Waals surface area contributed by atoms with Crippen LogP contribution in [-0.2, 0) is 6.54 Å². The van der Waals surface area contributed by atoms with Gasteiger partial charge in [-0.1, -0.05) is 48.0 Å². The van der Waals surface area contributed by atoms with Gasteiger partial charge in [0.05, 0.1) is 16.9 Å². The molecule has 3 nitrogen and oxygen atoms in total. The molecule has 0 aliphatic rings.